The van der Waals surface area contributed by atoms with Gasteiger partial charge >= 0.3 is 0 Å². The minimum absolute atomic E-state index is 0.0289. The molecule has 6 heteroatoms. The molecule has 0 spiro atoms. The van der Waals surface area contributed by atoms with Crippen LogP contribution in [0.15, 0.2) is 106 Å². The molecule has 0 unspecified atom stereocenters. The molecule has 0 saturated carbocycles. The number of thiocarbonyl (C=S) groups is 1. The quantitative estimate of drug-likeness (QED) is 0.234. The summed E-state index contributed by atoms with van der Waals surface area (Å²) in [6.07, 6.45) is 7.42. The summed E-state index contributed by atoms with van der Waals surface area (Å²) >= 11 is 12.5. The molecule has 1 aliphatic heterocycles. The molecule has 0 radical (unpaired) electrons. The minimum atomic E-state index is -0.270. The Morgan fingerprint density at radius 3 is 2.47 bits per heavy atom. The lowest BCUT2D eigenvalue weighted by atomic mass is 9.93. The van der Waals surface area contributed by atoms with E-state index in [0.29, 0.717) is 31.0 Å². The number of hydrogen-bond acceptors (Lipinski definition) is 4. The molecule has 156 valence electrons. The molecule has 2 aromatic carbocycles. The van der Waals surface area contributed by atoms with Gasteiger partial charge in [-0.3, -0.25) is 9.59 Å². The third-order valence-electron chi connectivity index (χ3n) is 4.78. The summed E-state index contributed by atoms with van der Waals surface area (Å²) in [5, 5.41) is 3.26. The SMILES string of the molecule is O=C1NC(=S)S/C1=C(/C=C(\CC(=O)c1ccccc1)c1ccc(Cl)cc1)C1=C=C=CC=C1. The fourth-order valence-electron chi connectivity index (χ4n) is 3.24. The molecule has 1 amide bonds. The predicted molar refractivity (Wildman–Crippen MR) is 134 cm³/mol. The Bertz CT molecular complexity index is 1310. The van der Waals surface area contributed by atoms with Crippen molar-refractivity contribution in [3.8, 4) is 0 Å². The number of allylic oxidation sites excluding steroid dienone is 7. The van der Waals surface area contributed by atoms with E-state index in [4.69, 9.17) is 23.8 Å². The predicted octanol–water partition coefficient (Wildman–Crippen LogP) is 6.20. The van der Waals surface area contributed by atoms with Gasteiger partial charge in [0.25, 0.3) is 5.91 Å². The van der Waals surface area contributed by atoms with E-state index in [9.17, 15) is 9.59 Å². The lowest BCUT2D eigenvalue weighted by Gasteiger charge is -2.12. The van der Waals surface area contributed by atoms with E-state index in [1.54, 1.807) is 30.3 Å². The largest absolute Gasteiger partial charge is 0.307 e. The van der Waals surface area contributed by atoms with Crippen LogP contribution in [0.1, 0.15) is 22.3 Å². The van der Waals surface area contributed by atoms with Crippen molar-refractivity contribution in [3.05, 3.63) is 123 Å². The summed E-state index contributed by atoms with van der Waals surface area (Å²) in [6.45, 7) is 0. The third kappa shape index (κ3) is 5.17. The van der Waals surface area contributed by atoms with Gasteiger partial charge < -0.3 is 5.32 Å². The van der Waals surface area contributed by atoms with Crippen LogP contribution in [0.25, 0.3) is 5.57 Å². The van der Waals surface area contributed by atoms with Gasteiger partial charge in [0, 0.05) is 28.2 Å². The minimum Gasteiger partial charge on any atom is -0.307 e. The van der Waals surface area contributed by atoms with Crippen molar-refractivity contribution in [2.45, 2.75) is 6.42 Å². The standard InChI is InChI=1S/C26H16ClNO2S2/c27-21-13-11-17(12-14-21)20(16-23(29)19-9-5-2-6-10-19)15-22(18-7-3-1-4-8-18)24-25(30)28-26(31)32-24/h1-3,5-7,9-15H,16H2,(H,28,30,31)/b20-15+,24-22-. The number of ketones is 1. The van der Waals surface area contributed by atoms with Crippen LogP contribution >= 0.6 is 35.6 Å². The summed E-state index contributed by atoms with van der Waals surface area (Å²) in [7, 11) is 0. The monoisotopic (exact) mass is 473 g/mol. The van der Waals surface area contributed by atoms with E-state index in [2.05, 4.69) is 16.8 Å². The molecular weight excluding hydrogens is 458 g/mol. The van der Waals surface area contributed by atoms with E-state index in [1.165, 1.54) is 11.8 Å². The molecule has 32 heavy (non-hydrogen) atoms. The molecule has 3 nitrogen and oxygen atoms in total. The molecule has 2 aliphatic rings. The zero-order valence-corrected chi connectivity index (χ0v) is 19.1. The Kier molecular flexibility index (Phi) is 6.87. The molecule has 1 fully saturated rings. The van der Waals surface area contributed by atoms with Gasteiger partial charge in [0.05, 0.1) is 4.91 Å². The van der Waals surface area contributed by atoms with Crippen molar-refractivity contribution in [1.29, 1.82) is 0 Å². The van der Waals surface area contributed by atoms with Crippen molar-refractivity contribution in [2.75, 3.05) is 0 Å². The van der Waals surface area contributed by atoms with Crippen LogP contribution in [0, 0.1) is 0 Å². The van der Waals surface area contributed by atoms with E-state index in [-0.39, 0.29) is 18.1 Å². The second-order valence-corrected chi connectivity index (χ2v) is 9.06. The van der Waals surface area contributed by atoms with Crippen LogP contribution < -0.4 is 5.32 Å². The highest BCUT2D eigenvalue weighted by atomic mass is 35.5. The second kappa shape index (κ2) is 9.97. The summed E-state index contributed by atoms with van der Waals surface area (Å²) in [6, 6.07) is 16.4. The number of rotatable bonds is 6. The summed E-state index contributed by atoms with van der Waals surface area (Å²) in [4.78, 5) is 26.1. The van der Waals surface area contributed by atoms with Gasteiger partial charge in [-0.1, -0.05) is 95.6 Å². The first-order chi connectivity index (χ1) is 15.5. The van der Waals surface area contributed by atoms with Gasteiger partial charge in [-0.05, 0) is 41.5 Å². The van der Waals surface area contributed by atoms with Crippen molar-refractivity contribution < 1.29 is 9.59 Å². The number of halogens is 1. The van der Waals surface area contributed by atoms with Gasteiger partial charge in [-0.25, -0.2) is 0 Å². The first kappa shape index (κ1) is 22.0. The number of amides is 1. The van der Waals surface area contributed by atoms with Gasteiger partial charge in [-0.15, -0.1) is 0 Å². The topological polar surface area (TPSA) is 46.2 Å². The number of nitrogens with one attached hydrogen (secondary N) is 1. The number of thioether (sulfide) groups is 1. The molecule has 2 aromatic rings. The molecule has 0 atom stereocenters. The summed E-state index contributed by atoms with van der Waals surface area (Å²) in [5.74, 6) is -0.299. The smallest absolute Gasteiger partial charge is 0.264 e. The van der Waals surface area contributed by atoms with E-state index >= 15 is 0 Å². The van der Waals surface area contributed by atoms with Crippen LogP contribution in [0.5, 0.6) is 0 Å². The highest BCUT2D eigenvalue weighted by molar-refractivity contribution is 8.26. The maximum Gasteiger partial charge on any atom is 0.264 e. The Balaban J connectivity index is 1.86. The van der Waals surface area contributed by atoms with Crippen LogP contribution in [0.2, 0.25) is 5.02 Å². The third-order valence-corrected chi connectivity index (χ3v) is 6.28. The van der Waals surface area contributed by atoms with Gasteiger partial charge in [0.15, 0.2) is 5.78 Å². The van der Waals surface area contributed by atoms with Crippen LogP contribution in [-0.4, -0.2) is 16.0 Å². The number of benzene rings is 2. The molecule has 1 saturated heterocycles. The Labute approximate surface area is 200 Å². The molecule has 1 N–H and O–H groups in total. The first-order valence-corrected chi connectivity index (χ1v) is 11.3. The van der Waals surface area contributed by atoms with E-state index in [0.717, 1.165) is 11.1 Å². The van der Waals surface area contributed by atoms with Crippen molar-refractivity contribution in [2.24, 2.45) is 0 Å². The molecule has 1 heterocycles. The molecular formula is C26H16ClNO2S2. The lowest BCUT2D eigenvalue weighted by molar-refractivity contribution is -0.115. The van der Waals surface area contributed by atoms with E-state index < -0.39 is 0 Å². The van der Waals surface area contributed by atoms with Crippen LogP contribution in [0.4, 0.5) is 0 Å². The summed E-state index contributed by atoms with van der Waals surface area (Å²) < 4.78 is 0.393. The fourth-order valence-corrected chi connectivity index (χ4v) is 4.46. The van der Waals surface area contributed by atoms with Crippen LogP contribution in [0.3, 0.4) is 0 Å². The Morgan fingerprint density at radius 1 is 1.09 bits per heavy atom. The first-order valence-electron chi connectivity index (χ1n) is 9.72. The van der Waals surface area contributed by atoms with Crippen molar-refractivity contribution in [3.63, 3.8) is 0 Å². The van der Waals surface area contributed by atoms with Gasteiger partial charge in [0.2, 0.25) is 0 Å². The Morgan fingerprint density at radius 2 is 1.84 bits per heavy atom. The number of carbonyl (C=O) groups is 2. The molecule has 0 bridgehead atoms. The molecule has 4 rings (SSSR count). The average molecular weight is 474 g/mol. The molecule has 1 aliphatic carbocycles. The van der Waals surface area contributed by atoms with Crippen molar-refractivity contribution >= 4 is 57.2 Å². The summed E-state index contributed by atoms with van der Waals surface area (Å²) in [5.41, 5.74) is 9.52. The van der Waals surface area contributed by atoms with Crippen molar-refractivity contribution in [1.82, 2.24) is 5.32 Å². The highest BCUT2D eigenvalue weighted by Crippen LogP contribution is 2.34. The maximum atomic E-state index is 13.0. The second-order valence-electron chi connectivity index (χ2n) is 6.94. The highest BCUT2D eigenvalue weighted by Gasteiger charge is 2.27. The van der Waals surface area contributed by atoms with Gasteiger partial charge in [0.1, 0.15) is 4.32 Å². The molecule has 0 aromatic heterocycles. The number of Topliss-reactive ketones (excluding diaryl/α,β-unsaturated/α-hetero) is 1. The number of carbonyl (C=O) groups excluding carboxylic acids is 2. The average Bonchev–Trinajstić information content (AvgIpc) is 3.15. The van der Waals surface area contributed by atoms with Crippen LogP contribution in [-0.2, 0) is 4.79 Å². The zero-order valence-electron chi connectivity index (χ0n) is 16.7. The normalized spacial score (nSPS) is 16.8. The van der Waals surface area contributed by atoms with E-state index in [1.807, 2.05) is 48.6 Å². The Hall–Kier alpha value is -3.17. The fraction of sp³-hybridized carbons (Fsp3) is 0.0385. The van der Waals surface area contributed by atoms with Gasteiger partial charge in [-0.2, -0.15) is 0 Å². The lowest BCUT2D eigenvalue weighted by Crippen LogP contribution is -2.18. The maximum absolute atomic E-state index is 13.0. The number of hydrogen-bond donors (Lipinski definition) is 1. The zero-order chi connectivity index (χ0) is 22.5.